The maximum absolute atomic E-state index is 8.83. The van der Waals surface area contributed by atoms with E-state index in [0.717, 1.165) is 26.1 Å². The fourth-order valence-corrected chi connectivity index (χ4v) is 1.19. The third kappa shape index (κ3) is 3.70. The lowest BCUT2D eigenvalue weighted by molar-refractivity contribution is -0.105. The highest BCUT2D eigenvalue weighted by Crippen LogP contribution is 2.14. The van der Waals surface area contributed by atoms with E-state index in [9.17, 15) is 0 Å². The Kier molecular flexibility index (Phi) is 3.83. The molecule has 1 saturated heterocycles. The van der Waals surface area contributed by atoms with Crippen molar-refractivity contribution in [3.8, 4) is 0 Å². The van der Waals surface area contributed by atoms with Crippen molar-refractivity contribution in [2.24, 2.45) is 5.92 Å². The van der Waals surface area contributed by atoms with Crippen LogP contribution >= 0.6 is 0 Å². The van der Waals surface area contributed by atoms with Gasteiger partial charge in [-0.05, 0) is 25.7 Å². The van der Waals surface area contributed by atoms with Crippen molar-refractivity contribution in [2.45, 2.75) is 26.1 Å². The summed E-state index contributed by atoms with van der Waals surface area (Å²) in [7, 11) is 0. The Morgan fingerprint density at radius 2 is 2.18 bits per heavy atom. The highest BCUT2D eigenvalue weighted by molar-refractivity contribution is 4.62. The van der Waals surface area contributed by atoms with Crippen molar-refractivity contribution in [3.63, 3.8) is 0 Å². The van der Waals surface area contributed by atoms with E-state index in [1.54, 1.807) is 6.92 Å². The van der Waals surface area contributed by atoms with Gasteiger partial charge in [-0.2, -0.15) is 0 Å². The van der Waals surface area contributed by atoms with Crippen LogP contribution in [0, 0.1) is 5.92 Å². The number of aliphatic hydroxyl groups excluding tert-OH is 1. The van der Waals surface area contributed by atoms with E-state index in [-0.39, 0.29) is 0 Å². The summed E-state index contributed by atoms with van der Waals surface area (Å²) in [4.78, 5) is 0. The Morgan fingerprint density at radius 3 is 2.73 bits per heavy atom. The quantitative estimate of drug-likeness (QED) is 0.620. The molecule has 0 spiro atoms. The van der Waals surface area contributed by atoms with Gasteiger partial charge < -0.3 is 14.6 Å². The minimum Gasteiger partial charge on any atom is -0.381 e. The molecule has 0 amide bonds. The van der Waals surface area contributed by atoms with Crippen molar-refractivity contribution in [3.05, 3.63) is 0 Å². The molecule has 11 heavy (non-hydrogen) atoms. The van der Waals surface area contributed by atoms with Gasteiger partial charge in [-0.15, -0.1) is 0 Å². The summed E-state index contributed by atoms with van der Waals surface area (Å²) in [5, 5.41) is 8.83. The largest absolute Gasteiger partial charge is 0.381 e. The lowest BCUT2D eigenvalue weighted by atomic mass is 10.0. The number of aliphatic hydroxyl groups is 1. The second-order valence-electron chi connectivity index (χ2n) is 2.99. The monoisotopic (exact) mass is 160 g/mol. The molecule has 0 aromatic rings. The molecule has 3 heteroatoms. The molecule has 0 aromatic carbocycles. The van der Waals surface area contributed by atoms with Crippen LogP contribution < -0.4 is 0 Å². The van der Waals surface area contributed by atoms with Crippen LogP contribution in [0.3, 0.4) is 0 Å². The lowest BCUT2D eigenvalue weighted by Crippen LogP contribution is -2.22. The summed E-state index contributed by atoms with van der Waals surface area (Å²) >= 11 is 0. The zero-order chi connectivity index (χ0) is 8.10. The first kappa shape index (κ1) is 8.97. The van der Waals surface area contributed by atoms with Gasteiger partial charge in [-0.25, -0.2) is 0 Å². The van der Waals surface area contributed by atoms with Crippen LogP contribution in [0.2, 0.25) is 0 Å². The van der Waals surface area contributed by atoms with Crippen molar-refractivity contribution >= 4 is 0 Å². The van der Waals surface area contributed by atoms with E-state index in [1.165, 1.54) is 0 Å². The Bertz CT molecular complexity index is 97.5. The fraction of sp³-hybridized carbons (Fsp3) is 1.00. The zero-order valence-electron chi connectivity index (χ0n) is 6.95. The number of rotatable bonds is 3. The van der Waals surface area contributed by atoms with E-state index in [4.69, 9.17) is 14.6 Å². The van der Waals surface area contributed by atoms with Gasteiger partial charge in [0.15, 0.2) is 6.29 Å². The van der Waals surface area contributed by atoms with Crippen molar-refractivity contribution < 1.29 is 14.6 Å². The zero-order valence-corrected chi connectivity index (χ0v) is 6.95. The normalized spacial score (nSPS) is 23.5. The van der Waals surface area contributed by atoms with Gasteiger partial charge in [-0.1, -0.05) is 0 Å². The highest BCUT2D eigenvalue weighted by Gasteiger charge is 2.14. The molecule has 1 aliphatic rings. The molecule has 1 N–H and O–H groups in total. The van der Waals surface area contributed by atoms with Crippen LogP contribution in [0.4, 0.5) is 0 Å². The second-order valence-corrected chi connectivity index (χ2v) is 2.99. The van der Waals surface area contributed by atoms with Gasteiger partial charge in [0.2, 0.25) is 0 Å². The average Bonchev–Trinajstić information content (AvgIpc) is 2.03. The van der Waals surface area contributed by atoms with Crippen LogP contribution in [-0.2, 0) is 9.47 Å². The minimum absolute atomic E-state index is 0.582. The van der Waals surface area contributed by atoms with Crippen LogP contribution in [0.15, 0.2) is 0 Å². The standard InChI is InChI=1S/C8H16O3/c1-7(9)11-6-8-2-4-10-5-3-8/h7-9H,2-6H2,1H3. The first-order valence-electron chi connectivity index (χ1n) is 4.16. The van der Waals surface area contributed by atoms with E-state index in [2.05, 4.69) is 0 Å². The predicted octanol–water partition coefficient (Wildman–Crippen LogP) is 0.768. The van der Waals surface area contributed by atoms with Crippen LogP contribution in [0.25, 0.3) is 0 Å². The van der Waals surface area contributed by atoms with Crippen LogP contribution in [0.1, 0.15) is 19.8 Å². The van der Waals surface area contributed by atoms with Crippen molar-refractivity contribution in [2.75, 3.05) is 19.8 Å². The Labute approximate surface area is 67.3 Å². The Morgan fingerprint density at radius 1 is 1.55 bits per heavy atom. The molecule has 66 valence electrons. The first-order valence-corrected chi connectivity index (χ1v) is 4.16. The molecular weight excluding hydrogens is 144 g/mol. The van der Waals surface area contributed by atoms with Crippen LogP contribution in [-0.4, -0.2) is 31.2 Å². The number of hydrogen-bond acceptors (Lipinski definition) is 3. The van der Waals surface area contributed by atoms with Gasteiger partial charge in [0, 0.05) is 13.2 Å². The lowest BCUT2D eigenvalue weighted by Gasteiger charge is -2.22. The average molecular weight is 160 g/mol. The summed E-state index contributed by atoms with van der Waals surface area (Å²) in [5.41, 5.74) is 0. The van der Waals surface area contributed by atoms with Gasteiger partial charge in [0.05, 0.1) is 6.61 Å². The molecule has 3 nitrogen and oxygen atoms in total. The minimum atomic E-state index is -0.627. The topological polar surface area (TPSA) is 38.7 Å². The summed E-state index contributed by atoms with van der Waals surface area (Å²) < 4.78 is 10.3. The summed E-state index contributed by atoms with van der Waals surface area (Å²) in [6, 6.07) is 0. The molecule has 1 fully saturated rings. The smallest absolute Gasteiger partial charge is 0.151 e. The molecule has 0 radical (unpaired) electrons. The number of hydrogen-bond donors (Lipinski definition) is 1. The van der Waals surface area contributed by atoms with E-state index < -0.39 is 6.29 Å². The van der Waals surface area contributed by atoms with Crippen molar-refractivity contribution in [1.82, 2.24) is 0 Å². The van der Waals surface area contributed by atoms with Gasteiger partial charge >= 0.3 is 0 Å². The van der Waals surface area contributed by atoms with Crippen molar-refractivity contribution in [1.29, 1.82) is 0 Å². The molecule has 1 atom stereocenters. The van der Waals surface area contributed by atoms with E-state index in [0.29, 0.717) is 12.5 Å². The number of ether oxygens (including phenoxy) is 2. The van der Waals surface area contributed by atoms with Gasteiger partial charge in [-0.3, -0.25) is 0 Å². The summed E-state index contributed by atoms with van der Waals surface area (Å²) in [5.74, 6) is 0.582. The summed E-state index contributed by atoms with van der Waals surface area (Å²) in [6.07, 6.45) is 1.50. The van der Waals surface area contributed by atoms with Crippen LogP contribution in [0.5, 0.6) is 0 Å². The molecule has 1 heterocycles. The Hall–Kier alpha value is -0.120. The maximum Gasteiger partial charge on any atom is 0.151 e. The highest BCUT2D eigenvalue weighted by atomic mass is 16.6. The third-order valence-corrected chi connectivity index (χ3v) is 1.91. The third-order valence-electron chi connectivity index (χ3n) is 1.91. The Balaban J connectivity index is 2.05. The maximum atomic E-state index is 8.83. The van der Waals surface area contributed by atoms with Gasteiger partial charge in [0.1, 0.15) is 0 Å². The molecule has 0 aromatic heterocycles. The predicted molar refractivity (Wildman–Crippen MR) is 41.2 cm³/mol. The molecule has 1 aliphatic heterocycles. The molecule has 0 saturated carbocycles. The van der Waals surface area contributed by atoms with E-state index in [1.807, 2.05) is 0 Å². The molecular formula is C8H16O3. The summed E-state index contributed by atoms with van der Waals surface area (Å²) in [6.45, 7) is 3.99. The molecule has 1 rings (SSSR count). The fourth-order valence-electron chi connectivity index (χ4n) is 1.19. The second kappa shape index (κ2) is 4.70. The first-order chi connectivity index (χ1) is 5.29. The molecule has 0 bridgehead atoms. The van der Waals surface area contributed by atoms with Gasteiger partial charge in [0.25, 0.3) is 0 Å². The van der Waals surface area contributed by atoms with E-state index >= 15 is 0 Å². The SMILES string of the molecule is CC(O)OCC1CCOCC1. The molecule has 1 unspecified atom stereocenters. The molecule has 0 aliphatic carbocycles.